The van der Waals surface area contributed by atoms with Crippen LogP contribution in [0.25, 0.3) is 10.8 Å². The predicted molar refractivity (Wildman–Crippen MR) is 91.8 cm³/mol. The van der Waals surface area contributed by atoms with Crippen LogP contribution in [0.3, 0.4) is 0 Å². The molecule has 23 heavy (non-hydrogen) atoms. The number of carbonyl (C=O) groups is 1. The van der Waals surface area contributed by atoms with E-state index in [1.807, 2.05) is 42.5 Å². The van der Waals surface area contributed by atoms with Gasteiger partial charge in [0.15, 0.2) is 0 Å². The topological polar surface area (TPSA) is 39.2 Å². The highest BCUT2D eigenvalue weighted by atomic mass is 16.5. The zero-order valence-electron chi connectivity index (χ0n) is 13.2. The first-order chi connectivity index (χ1) is 11.3. The van der Waals surface area contributed by atoms with Crippen molar-refractivity contribution in [2.24, 2.45) is 0 Å². The third-order valence-corrected chi connectivity index (χ3v) is 3.81. The fourth-order valence-corrected chi connectivity index (χ4v) is 2.51. The van der Waals surface area contributed by atoms with Crippen molar-refractivity contribution >= 4 is 16.7 Å². The van der Waals surface area contributed by atoms with Crippen molar-refractivity contribution in [2.45, 2.75) is 26.2 Å². The first-order valence-electron chi connectivity index (χ1n) is 7.93. The summed E-state index contributed by atoms with van der Waals surface area (Å²) in [5.41, 5.74) is 1.48. The Morgan fingerprint density at radius 2 is 1.87 bits per heavy atom. The van der Waals surface area contributed by atoms with Gasteiger partial charge >= 0.3 is 5.97 Å². The van der Waals surface area contributed by atoms with E-state index in [-0.39, 0.29) is 0 Å². The van der Waals surface area contributed by atoms with E-state index in [9.17, 15) is 4.79 Å². The Bertz CT molecular complexity index is 804. The molecule has 0 aliphatic carbocycles. The Balaban J connectivity index is 1.78. The summed E-state index contributed by atoms with van der Waals surface area (Å²) in [7, 11) is 0. The number of aryl methyl sites for hydroxylation is 1. The molecule has 0 bridgehead atoms. The number of rotatable bonds is 5. The van der Waals surface area contributed by atoms with Gasteiger partial charge in [-0.2, -0.15) is 0 Å². The molecule has 3 heteroatoms. The number of esters is 1. The van der Waals surface area contributed by atoms with E-state index in [1.165, 1.54) is 0 Å². The molecule has 0 aliphatic rings. The van der Waals surface area contributed by atoms with Crippen molar-refractivity contribution in [1.29, 1.82) is 0 Å². The molecular formula is C20H19NO2. The van der Waals surface area contributed by atoms with E-state index in [2.05, 4.69) is 11.9 Å². The number of hydrogen-bond donors (Lipinski definition) is 0. The smallest absolute Gasteiger partial charge is 0.362 e. The molecule has 0 atom stereocenters. The quantitative estimate of drug-likeness (QED) is 0.502. The van der Waals surface area contributed by atoms with Gasteiger partial charge in [0.1, 0.15) is 11.4 Å². The standard InChI is InChI=1S/C20H19NO2/c1-2-3-7-15-12-13-18(21-14-15)20(22)23-19-11-6-9-16-8-4-5-10-17(16)19/h4-6,8-14H,2-3,7H2,1H3. The van der Waals surface area contributed by atoms with Gasteiger partial charge in [-0.3, -0.25) is 0 Å². The number of fused-ring (bicyclic) bond motifs is 1. The third kappa shape index (κ3) is 3.57. The summed E-state index contributed by atoms with van der Waals surface area (Å²) < 4.78 is 5.53. The van der Waals surface area contributed by atoms with Gasteiger partial charge < -0.3 is 4.74 Å². The minimum atomic E-state index is -0.427. The molecular weight excluding hydrogens is 286 g/mol. The lowest BCUT2D eigenvalue weighted by Crippen LogP contribution is -2.10. The van der Waals surface area contributed by atoms with Gasteiger partial charge in [0, 0.05) is 11.6 Å². The van der Waals surface area contributed by atoms with Crippen LogP contribution in [0.5, 0.6) is 5.75 Å². The number of ether oxygens (including phenoxy) is 1. The summed E-state index contributed by atoms with van der Waals surface area (Å²) in [4.78, 5) is 16.5. The maximum Gasteiger partial charge on any atom is 0.362 e. The third-order valence-electron chi connectivity index (χ3n) is 3.81. The second-order valence-corrected chi connectivity index (χ2v) is 5.52. The van der Waals surface area contributed by atoms with E-state index < -0.39 is 5.97 Å². The SMILES string of the molecule is CCCCc1ccc(C(=O)Oc2cccc3ccccc23)nc1. The van der Waals surface area contributed by atoms with Gasteiger partial charge in [-0.1, -0.05) is 55.8 Å². The van der Waals surface area contributed by atoms with E-state index in [0.29, 0.717) is 11.4 Å². The summed E-state index contributed by atoms with van der Waals surface area (Å²) in [6.07, 6.45) is 5.02. The molecule has 3 rings (SSSR count). The highest BCUT2D eigenvalue weighted by molar-refractivity contribution is 5.94. The highest BCUT2D eigenvalue weighted by Crippen LogP contribution is 2.25. The van der Waals surface area contributed by atoms with E-state index >= 15 is 0 Å². The molecule has 0 saturated carbocycles. The maximum absolute atomic E-state index is 12.3. The molecule has 1 aromatic heterocycles. The fraction of sp³-hybridized carbons (Fsp3) is 0.200. The Labute approximate surface area is 135 Å². The largest absolute Gasteiger partial charge is 0.421 e. The minimum absolute atomic E-state index is 0.332. The maximum atomic E-state index is 12.3. The molecule has 116 valence electrons. The van der Waals surface area contributed by atoms with E-state index in [0.717, 1.165) is 35.6 Å². The van der Waals surface area contributed by atoms with Crippen LogP contribution in [-0.2, 0) is 6.42 Å². The van der Waals surface area contributed by atoms with Gasteiger partial charge in [0.2, 0.25) is 0 Å². The average Bonchev–Trinajstić information content (AvgIpc) is 2.60. The highest BCUT2D eigenvalue weighted by Gasteiger charge is 2.12. The van der Waals surface area contributed by atoms with Crippen molar-refractivity contribution in [2.75, 3.05) is 0 Å². The number of pyridine rings is 1. The van der Waals surface area contributed by atoms with Crippen LogP contribution in [0.15, 0.2) is 60.8 Å². The first kappa shape index (κ1) is 15.2. The molecule has 3 aromatic rings. The summed E-state index contributed by atoms with van der Waals surface area (Å²) in [6.45, 7) is 2.16. The summed E-state index contributed by atoms with van der Waals surface area (Å²) in [6, 6.07) is 17.2. The number of carbonyl (C=O) groups excluding carboxylic acids is 1. The molecule has 0 spiro atoms. The molecule has 0 unspecified atom stereocenters. The van der Waals surface area contributed by atoms with E-state index in [4.69, 9.17) is 4.74 Å². The summed E-state index contributed by atoms with van der Waals surface area (Å²) in [5, 5.41) is 1.96. The number of nitrogens with zero attached hydrogens (tertiary/aromatic N) is 1. The van der Waals surface area contributed by atoms with Crippen LogP contribution in [0, 0.1) is 0 Å². The van der Waals surface area contributed by atoms with Crippen molar-refractivity contribution in [3.05, 3.63) is 72.1 Å². The number of benzene rings is 2. The molecule has 0 N–H and O–H groups in total. The van der Waals surface area contributed by atoms with Crippen molar-refractivity contribution in [1.82, 2.24) is 4.98 Å². The Morgan fingerprint density at radius 1 is 1.04 bits per heavy atom. The predicted octanol–water partition coefficient (Wildman–Crippen LogP) is 4.80. The molecule has 0 radical (unpaired) electrons. The molecule has 0 amide bonds. The number of hydrogen-bond acceptors (Lipinski definition) is 3. The van der Waals surface area contributed by atoms with E-state index in [1.54, 1.807) is 18.3 Å². The average molecular weight is 305 g/mol. The molecule has 1 heterocycles. The molecule has 3 nitrogen and oxygen atoms in total. The zero-order valence-corrected chi connectivity index (χ0v) is 13.2. The number of aromatic nitrogens is 1. The Kier molecular flexibility index (Phi) is 4.67. The lowest BCUT2D eigenvalue weighted by Gasteiger charge is -2.07. The first-order valence-corrected chi connectivity index (χ1v) is 7.93. The van der Waals surface area contributed by atoms with Crippen LogP contribution in [0.4, 0.5) is 0 Å². The lowest BCUT2D eigenvalue weighted by atomic mass is 10.1. The van der Waals surface area contributed by atoms with Crippen LogP contribution in [0.2, 0.25) is 0 Å². The second kappa shape index (κ2) is 7.05. The molecule has 0 aliphatic heterocycles. The Morgan fingerprint density at radius 3 is 2.65 bits per heavy atom. The molecule has 0 saturated heterocycles. The molecule has 2 aromatic carbocycles. The zero-order chi connectivity index (χ0) is 16.1. The van der Waals surface area contributed by atoms with Crippen LogP contribution in [-0.4, -0.2) is 11.0 Å². The summed E-state index contributed by atoms with van der Waals surface area (Å²) in [5.74, 6) is 0.133. The van der Waals surface area contributed by atoms with Crippen molar-refractivity contribution in [3.63, 3.8) is 0 Å². The normalized spacial score (nSPS) is 10.7. The Hall–Kier alpha value is -2.68. The second-order valence-electron chi connectivity index (χ2n) is 5.52. The van der Waals surface area contributed by atoms with Crippen LogP contribution in [0.1, 0.15) is 35.8 Å². The van der Waals surface area contributed by atoms with Gasteiger partial charge in [-0.15, -0.1) is 0 Å². The van der Waals surface area contributed by atoms with Gasteiger partial charge in [0.05, 0.1) is 0 Å². The van der Waals surface area contributed by atoms with Gasteiger partial charge in [-0.05, 0) is 35.9 Å². The molecule has 0 fully saturated rings. The van der Waals surface area contributed by atoms with Gasteiger partial charge in [0.25, 0.3) is 0 Å². The minimum Gasteiger partial charge on any atom is -0.421 e. The van der Waals surface area contributed by atoms with Crippen LogP contribution >= 0.6 is 0 Å². The van der Waals surface area contributed by atoms with Crippen LogP contribution < -0.4 is 4.74 Å². The fourth-order valence-electron chi connectivity index (χ4n) is 2.51. The van der Waals surface area contributed by atoms with Crippen molar-refractivity contribution in [3.8, 4) is 5.75 Å². The monoisotopic (exact) mass is 305 g/mol. The van der Waals surface area contributed by atoms with Crippen molar-refractivity contribution < 1.29 is 9.53 Å². The lowest BCUT2D eigenvalue weighted by molar-refractivity contribution is 0.0731. The summed E-state index contributed by atoms with van der Waals surface area (Å²) >= 11 is 0. The number of unbranched alkanes of at least 4 members (excludes halogenated alkanes) is 1. The van der Waals surface area contributed by atoms with Gasteiger partial charge in [-0.25, -0.2) is 9.78 Å².